The van der Waals surface area contributed by atoms with E-state index in [1.54, 1.807) is 0 Å². The van der Waals surface area contributed by atoms with Crippen molar-refractivity contribution in [1.82, 2.24) is 4.90 Å². The number of allylic oxidation sites excluding steroid dienone is 1. The van der Waals surface area contributed by atoms with Gasteiger partial charge in [0.1, 0.15) is 0 Å². The van der Waals surface area contributed by atoms with E-state index in [-0.39, 0.29) is 24.2 Å². The lowest BCUT2D eigenvalue weighted by Gasteiger charge is -2.09. The molecule has 6 heteroatoms. The Hall–Kier alpha value is -1.30. The van der Waals surface area contributed by atoms with Gasteiger partial charge in [0, 0.05) is 18.1 Å². The van der Waals surface area contributed by atoms with Crippen LogP contribution in [0.2, 0.25) is 5.02 Å². The van der Waals surface area contributed by atoms with Crippen LogP contribution >= 0.6 is 23.4 Å². The molecular formula is C14H15ClN2O2S. The van der Waals surface area contributed by atoms with Crippen LogP contribution in [0.4, 0.5) is 4.79 Å². The Morgan fingerprint density at radius 2 is 1.95 bits per heavy atom. The van der Waals surface area contributed by atoms with Gasteiger partial charge in [-0.05, 0) is 42.3 Å². The summed E-state index contributed by atoms with van der Waals surface area (Å²) >= 11 is 6.80. The Labute approximate surface area is 127 Å². The molecule has 4 nitrogen and oxygen atoms in total. The van der Waals surface area contributed by atoms with Gasteiger partial charge in [-0.3, -0.25) is 14.5 Å². The smallest absolute Gasteiger partial charge is 0.293 e. The fraction of sp³-hybridized carbons (Fsp3) is 0.286. The third kappa shape index (κ3) is 3.62. The second-order valence-corrected chi connectivity index (χ2v) is 5.78. The van der Waals surface area contributed by atoms with Crippen LogP contribution in [-0.4, -0.2) is 29.1 Å². The molecule has 1 aliphatic rings. The molecule has 1 heterocycles. The first-order chi connectivity index (χ1) is 9.61. The molecule has 0 atom stereocenters. The standard InChI is InChI=1S/C14H15ClN2O2S/c15-11-6-4-10(5-7-11)2-1-3-12-13(18)17(9-8-16)14(19)20-12/h3-7H,1-2,8-9,16H2. The summed E-state index contributed by atoms with van der Waals surface area (Å²) in [5.41, 5.74) is 6.53. The van der Waals surface area contributed by atoms with Crippen molar-refractivity contribution in [1.29, 1.82) is 0 Å². The maximum absolute atomic E-state index is 11.9. The number of halogens is 1. The van der Waals surface area contributed by atoms with E-state index in [0.717, 1.165) is 23.7 Å². The van der Waals surface area contributed by atoms with Gasteiger partial charge in [-0.2, -0.15) is 0 Å². The average Bonchev–Trinajstić information content (AvgIpc) is 2.69. The van der Waals surface area contributed by atoms with Crippen LogP contribution in [0.1, 0.15) is 12.0 Å². The average molecular weight is 311 g/mol. The normalized spacial score (nSPS) is 17.3. The zero-order valence-corrected chi connectivity index (χ0v) is 12.4. The topological polar surface area (TPSA) is 63.4 Å². The number of hydrogen-bond acceptors (Lipinski definition) is 4. The van der Waals surface area contributed by atoms with E-state index in [2.05, 4.69) is 0 Å². The molecule has 1 aromatic carbocycles. The number of thioether (sulfide) groups is 1. The van der Waals surface area contributed by atoms with Gasteiger partial charge < -0.3 is 5.73 Å². The van der Waals surface area contributed by atoms with Gasteiger partial charge in [0.05, 0.1) is 4.91 Å². The third-order valence-electron chi connectivity index (χ3n) is 2.90. The lowest BCUT2D eigenvalue weighted by Crippen LogP contribution is -2.33. The molecule has 2 rings (SSSR count). The van der Waals surface area contributed by atoms with Gasteiger partial charge in [-0.15, -0.1) is 0 Å². The molecule has 2 N–H and O–H groups in total. The van der Waals surface area contributed by atoms with Crippen molar-refractivity contribution in [3.8, 4) is 0 Å². The number of aryl methyl sites for hydroxylation is 1. The number of carbonyl (C=O) groups is 2. The highest BCUT2D eigenvalue weighted by atomic mass is 35.5. The fourth-order valence-electron chi connectivity index (χ4n) is 1.88. The van der Waals surface area contributed by atoms with Crippen molar-refractivity contribution in [2.24, 2.45) is 5.73 Å². The van der Waals surface area contributed by atoms with E-state index in [1.165, 1.54) is 4.90 Å². The zero-order chi connectivity index (χ0) is 14.5. The molecule has 1 saturated heterocycles. The second kappa shape index (κ2) is 6.92. The number of rotatable bonds is 5. The van der Waals surface area contributed by atoms with Crippen LogP contribution < -0.4 is 5.73 Å². The van der Waals surface area contributed by atoms with E-state index in [9.17, 15) is 9.59 Å². The quantitative estimate of drug-likeness (QED) is 0.849. The summed E-state index contributed by atoms with van der Waals surface area (Å²) in [6.45, 7) is 0.565. The first-order valence-electron chi connectivity index (χ1n) is 6.30. The number of carbonyl (C=O) groups excluding carboxylic acids is 2. The van der Waals surface area contributed by atoms with Crippen molar-refractivity contribution in [3.05, 3.63) is 45.8 Å². The van der Waals surface area contributed by atoms with Gasteiger partial charge in [0.15, 0.2) is 0 Å². The predicted molar refractivity (Wildman–Crippen MR) is 81.6 cm³/mol. The number of benzene rings is 1. The highest BCUT2D eigenvalue weighted by molar-refractivity contribution is 8.18. The van der Waals surface area contributed by atoms with Gasteiger partial charge in [-0.1, -0.05) is 29.8 Å². The maximum atomic E-state index is 11.9. The summed E-state index contributed by atoms with van der Waals surface area (Å²) in [4.78, 5) is 25.2. The van der Waals surface area contributed by atoms with Crippen molar-refractivity contribution >= 4 is 34.5 Å². The number of nitrogens with zero attached hydrogens (tertiary/aromatic N) is 1. The Morgan fingerprint density at radius 3 is 2.60 bits per heavy atom. The molecule has 0 aliphatic carbocycles. The minimum atomic E-state index is -0.238. The van der Waals surface area contributed by atoms with Gasteiger partial charge in [0.2, 0.25) is 0 Å². The summed E-state index contributed by atoms with van der Waals surface area (Å²) in [5, 5.41) is 0.467. The van der Waals surface area contributed by atoms with Gasteiger partial charge >= 0.3 is 0 Å². The minimum absolute atomic E-state index is 0.235. The number of amides is 2. The summed E-state index contributed by atoms with van der Waals surface area (Å²) in [7, 11) is 0. The molecule has 20 heavy (non-hydrogen) atoms. The van der Waals surface area contributed by atoms with Gasteiger partial charge in [0.25, 0.3) is 11.1 Å². The minimum Gasteiger partial charge on any atom is -0.329 e. The molecule has 2 amide bonds. The lowest BCUT2D eigenvalue weighted by atomic mass is 10.1. The summed E-state index contributed by atoms with van der Waals surface area (Å²) in [5.74, 6) is -0.235. The molecule has 1 aromatic rings. The lowest BCUT2D eigenvalue weighted by molar-refractivity contribution is -0.122. The SMILES string of the molecule is NCCN1C(=O)SC(=CCCc2ccc(Cl)cc2)C1=O. The Morgan fingerprint density at radius 1 is 1.25 bits per heavy atom. The first kappa shape index (κ1) is 15.1. The molecule has 106 valence electrons. The van der Waals surface area contributed by atoms with E-state index < -0.39 is 0 Å². The molecule has 1 fully saturated rings. The van der Waals surface area contributed by atoms with Crippen molar-refractivity contribution in [2.45, 2.75) is 12.8 Å². The fourth-order valence-corrected chi connectivity index (χ4v) is 2.88. The Kier molecular flexibility index (Phi) is 5.23. The zero-order valence-electron chi connectivity index (χ0n) is 10.8. The molecular weight excluding hydrogens is 296 g/mol. The maximum Gasteiger partial charge on any atom is 0.293 e. The molecule has 0 bridgehead atoms. The number of hydrogen-bond donors (Lipinski definition) is 1. The van der Waals surface area contributed by atoms with E-state index in [0.29, 0.717) is 16.3 Å². The molecule has 0 spiro atoms. The summed E-state index contributed by atoms with van der Waals surface area (Å²) < 4.78 is 0. The molecule has 0 saturated carbocycles. The summed E-state index contributed by atoms with van der Waals surface area (Å²) in [6.07, 6.45) is 3.33. The van der Waals surface area contributed by atoms with Crippen LogP contribution in [0.25, 0.3) is 0 Å². The van der Waals surface area contributed by atoms with E-state index in [1.807, 2.05) is 30.3 Å². The predicted octanol–water partition coefficient (Wildman–Crippen LogP) is 2.81. The molecule has 0 aromatic heterocycles. The Bertz CT molecular complexity index is 543. The highest BCUT2D eigenvalue weighted by Gasteiger charge is 2.33. The van der Waals surface area contributed by atoms with E-state index >= 15 is 0 Å². The summed E-state index contributed by atoms with van der Waals surface area (Å²) in [6, 6.07) is 7.59. The van der Waals surface area contributed by atoms with Crippen molar-refractivity contribution < 1.29 is 9.59 Å². The molecule has 0 unspecified atom stereocenters. The van der Waals surface area contributed by atoms with Crippen LogP contribution in [0.3, 0.4) is 0 Å². The van der Waals surface area contributed by atoms with Crippen molar-refractivity contribution in [3.63, 3.8) is 0 Å². The second-order valence-electron chi connectivity index (χ2n) is 4.35. The van der Waals surface area contributed by atoms with Crippen molar-refractivity contribution in [2.75, 3.05) is 13.1 Å². The molecule has 1 aliphatic heterocycles. The van der Waals surface area contributed by atoms with Crippen LogP contribution in [0, 0.1) is 0 Å². The number of imide groups is 1. The Balaban J connectivity index is 1.93. The largest absolute Gasteiger partial charge is 0.329 e. The van der Waals surface area contributed by atoms with E-state index in [4.69, 9.17) is 17.3 Å². The van der Waals surface area contributed by atoms with Crippen LogP contribution in [0.15, 0.2) is 35.2 Å². The van der Waals surface area contributed by atoms with Gasteiger partial charge in [-0.25, -0.2) is 0 Å². The monoisotopic (exact) mass is 310 g/mol. The first-order valence-corrected chi connectivity index (χ1v) is 7.49. The number of nitrogens with two attached hydrogens (primary N) is 1. The molecule has 0 radical (unpaired) electrons. The highest BCUT2D eigenvalue weighted by Crippen LogP contribution is 2.30. The van der Waals surface area contributed by atoms with Crippen LogP contribution in [-0.2, 0) is 11.2 Å². The van der Waals surface area contributed by atoms with Crippen LogP contribution in [0.5, 0.6) is 0 Å². The third-order valence-corrected chi connectivity index (χ3v) is 4.11.